The average Bonchev–Trinajstić information content (AvgIpc) is 1.39. The van der Waals surface area contributed by atoms with Gasteiger partial charge in [-0.2, -0.15) is 0 Å². The van der Waals surface area contributed by atoms with E-state index in [1.807, 2.05) is 69.2 Å². The van der Waals surface area contributed by atoms with Crippen LogP contribution in [0.3, 0.4) is 0 Å². The summed E-state index contributed by atoms with van der Waals surface area (Å²) < 4.78 is 50.0. The van der Waals surface area contributed by atoms with Crippen LogP contribution in [-0.4, -0.2) is 121 Å². The van der Waals surface area contributed by atoms with Gasteiger partial charge in [0.15, 0.2) is 18.3 Å². The molecule has 15 nitrogen and oxygen atoms in total. The minimum absolute atomic E-state index is 0.00134. The van der Waals surface area contributed by atoms with Crippen LogP contribution in [0.2, 0.25) is 0 Å². The lowest BCUT2D eigenvalue weighted by atomic mass is 9.48. The Kier molecular flexibility index (Phi) is 21.2. The van der Waals surface area contributed by atoms with Gasteiger partial charge in [-0.25, -0.2) is 0 Å². The monoisotopic (exact) mass is 1180 g/mol. The Hall–Kier alpha value is -3.11. The van der Waals surface area contributed by atoms with Crippen molar-refractivity contribution in [1.29, 1.82) is 0 Å². The fraction of sp³-hybridized carbons (Fsp3) is 0.899. The molecule has 2 bridgehead atoms. The SMILES string of the molecule is C=C(CC1CC2CCC1(C)C2(C)C)C(C)(C)CC(C)(C)C(CC(C)(C)C(C)(CC(C)(C)C(C)(CC(C)(C)C(C)(CC)C(=O)O)C(=O)O[C@@H]1CO[C@H]2[C@@H]1OC[C@@H]2OC(=O)C(C)C)C(=O)O[C@@H]1CO[C@H]2[C@@H]1OC[C@@H]2O)C(=O)OC(C)CCCCCC. The van der Waals surface area contributed by atoms with Crippen LogP contribution in [0.1, 0.15) is 235 Å². The van der Waals surface area contributed by atoms with Crippen LogP contribution in [0.5, 0.6) is 0 Å². The number of hydrogen-bond donors (Lipinski definition) is 2. The summed E-state index contributed by atoms with van der Waals surface area (Å²) in [7, 11) is 0. The first-order chi connectivity index (χ1) is 38.5. The molecule has 2 N–H and O–H groups in total. The predicted molar refractivity (Wildman–Crippen MR) is 323 cm³/mol. The lowest BCUT2D eigenvalue weighted by Crippen LogP contribution is -2.56. The predicted octanol–water partition coefficient (Wildman–Crippen LogP) is 13.5. The van der Waals surface area contributed by atoms with Gasteiger partial charge in [0.05, 0.1) is 60.6 Å². The molecule has 4 aliphatic heterocycles. The van der Waals surface area contributed by atoms with Crippen LogP contribution in [0.15, 0.2) is 12.2 Å². The second-order valence-electron chi connectivity index (χ2n) is 32.5. The molecule has 0 aromatic heterocycles. The van der Waals surface area contributed by atoms with E-state index in [9.17, 15) is 19.8 Å². The Morgan fingerprint density at radius 2 is 1.12 bits per heavy atom. The van der Waals surface area contributed by atoms with Crippen LogP contribution >= 0.6 is 0 Å². The van der Waals surface area contributed by atoms with E-state index in [0.717, 1.165) is 38.5 Å². The van der Waals surface area contributed by atoms with Gasteiger partial charge in [0.2, 0.25) is 0 Å². The molecule has 4 saturated heterocycles. The quantitative estimate of drug-likeness (QED) is 0.0298. The molecule has 2 saturated carbocycles. The number of carboxylic acids is 1. The highest BCUT2D eigenvalue weighted by Gasteiger charge is 2.65. The molecule has 0 spiro atoms. The summed E-state index contributed by atoms with van der Waals surface area (Å²) in [5.41, 5.74) is -7.14. The normalized spacial score (nSPS) is 31.5. The van der Waals surface area contributed by atoms with Gasteiger partial charge in [-0.05, 0) is 148 Å². The number of carbonyl (C=O) groups excluding carboxylic acids is 4. The van der Waals surface area contributed by atoms with Crippen molar-refractivity contribution in [2.24, 2.45) is 77.8 Å². The zero-order valence-corrected chi connectivity index (χ0v) is 56.1. The van der Waals surface area contributed by atoms with E-state index in [-0.39, 0.29) is 86.3 Å². The maximum atomic E-state index is 16.0. The fourth-order valence-corrected chi connectivity index (χ4v) is 16.5. The highest BCUT2D eigenvalue weighted by Crippen LogP contribution is 2.70. The molecule has 8 unspecified atom stereocenters. The Balaban J connectivity index is 1.42. The molecule has 482 valence electrons. The van der Waals surface area contributed by atoms with Gasteiger partial charge in [-0.3, -0.25) is 24.0 Å². The first-order valence-corrected chi connectivity index (χ1v) is 32.4. The molecular formula is C69H116O15. The molecule has 84 heavy (non-hydrogen) atoms. The molecule has 15 heteroatoms. The third-order valence-electron chi connectivity index (χ3n) is 24.4. The summed E-state index contributed by atoms with van der Waals surface area (Å²) in [6.07, 6.45) is 4.08. The van der Waals surface area contributed by atoms with Crippen molar-refractivity contribution < 1.29 is 72.1 Å². The molecule has 6 rings (SSSR count). The molecule has 0 aromatic carbocycles. The fourth-order valence-electron chi connectivity index (χ4n) is 16.5. The van der Waals surface area contributed by atoms with Gasteiger partial charge in [-0.15, -0.1) is 0 Å². The first-order valence-electron chi connectivity index (χ1n) is 32.4. The molecule has 6 fully saturated rings. The van der Waals surface area contributed by atoms with Crippen molar-refractivity contribution in [3.63, 3.8) is 0 Å². The zero-order chi connectivity index (χ0) is 63.4. The lowest BCUT2D eigenvalue weighted by Gasteiger charge is -2.55. The summed E-state index contributed by atoms with van der Waals surface area (Å²) in [4.78, 5) is 73.4. The molecule has 0 radical (unpaired) electrons. The van der Waals surface area contributed by atoms with Gasteiger partial charge in [0.1, 0.15) is 30.5 Å². The number of ether oxygens (including phenoxy) is 8. The van der Waals surface area contributed by atoms with E-state index >= 15 is 14.4 Å². The van der Waals surface area contributed by atoms with Crippen molar-refractivity contribution in [3.8, 4) is 0 Å². The number of aliphatic hydroxyl groups excluding tert-OH is 1. The Bertz CT molecular complexity index is 2370. The number of rotatable bonds is 30. The van der Waals surface area contributed by atoms with Crippen LogP contribution in [0, 0.1) is 77.8 Å². The minimum Gasteiger partial charge on any atom is -0.481 e. The van der Waals surface area contributed by atoms with Crippen LogP contribution < -0.4 is 0 Å². The largest absolute Gasteiger partial charge is 0.481 e. The van der Waals surface area contributed by atoms with Gasteiger partial charge >= 0.3 is 29.8 Å². The van der Waals surface area contributed by atoms with E-state index in [4.69, 9.17) is 44.5 Å². The first kappa shape index (κ1) is 70.0. The maximum Gasteiger partial charge on any atom is 0.312 e. The lowest BCUT2D eigenvalue weighted by molar-refractivity contribution is -0.192. The minimum atomic E-state index is -1.53. The summed E-state index contributed by atoms with van der Waals surface area (Å²) in [6.45, 7) is 47.6. The third-order valence-corrected chi connectivity index (χ3v) is 24.4. The highest BCUT2D eigenvalue weighted by atomic mass is 16.7. The Morgan fingerprint density at radius 3 is 1.60 bits per heavy atom. The number of aliphatic hydroxyl groups is 1. The van der Waals surface area contributed by atoms with E-state index in [0.29, 0.717) is 18.3 Å². The number of allylic oxidation sites excluding steroid dienone is 1. The van der Waals surface area contributed by atoms with E-state index in [2.05, 4.69) is 55.4 Å². The number of aliphatic carboxylic acids is 1. The van der Waals surface area contributed by atoms with Crippen molar-refractivity contribution in [1.82, 2.24) is 0 Å². The summed E-state index contributed by atoms with van der Waals surface area (Å²) in [6, 6.07) is 0. The number of carbonyl (C=O) groups is 5. The number of hydrogen-bond acceptors (Lipinski definition) is 14. The molecule has 0 aromatic rings. The van der Waals surface area contributed by atoms with Gasteiger partial charge < -0.3 is 48.1 Å². The second-order valence-corrected chi connectivity index (χ2v) is 32.5. The van der Waals surface area contributed by atoms with E-state index in [1.54, 1.807) is 20.8 Å². The molecule has 4 heterocycles. The summed E-state index contributed by atoms with van der Waals surface area (Å²) in [5.74, 6) is -2.84. The van der Waals surface area contributed by atoms with Crippen molar-refractivity contribution in [3.05, 3.63) is 12.2 Å². The van der Waals surface area contributed by atoms with Crippen molar-refractivity contribution in [2.45, 2.75) is 290 Å². The number of esters is 4. The number of unbranched alkanes of at least 4 members (excludes halogenated alkanes) is 3. The Morgan fingerprint density at radius 1 is 0.631 bits per heavy atom. The van der Waals surface area contributed by atoms with Crippen LogP contribution in [0.4, 0.5) is 0 Å². The zero-order valence-electron chi connectivity index (χ0n) is 56.1. The summed E-state index contributed by atoms with van der Waals surface area (Å²) >= 11 is 0. The number of carboxylic acid groups (broad SMARTS) is 1. The number of fused-ring (bicyclic) bond motifs is 4. The summed E-state index contributed by atoms with van der Waals surface area (Å²) in [5, 5.41) is 21.8. The van der Waals surface area contributed by atoms with Crippen LogP contribution in [0.25, 0.3) is 0 Å². The van der Waals surface area contributed by atoms with Gasteiger partial charge in [0, 0.05) is 0 Å². The molecule has 16 atom stereocenters. The van der Waals surface area contributed by atoms with Crippen molar-refractivity contribution in [2.75, 3.05) is 26.4 Å². The van der Waals surface area contributed by atoms with Crippen molar-refractivity contribution >= 4 is 29.8 Å². The smallest absolute Gasteiger partial charge is 0.312 e. The van der Waals surface area contributed by atoms with Crippen LogP contribution in [-0.2, 0) is 61.9 Å². The molecule has 6 aliphatic rings. The van der Waals surface area contributed by atoms with E-state index < -0.39 is 117 Å². The molecular weight excluding hydrogens is 1070 g/mol. The van der Waals surface area contributed by atoms with Gasteiger partial charge in [0.25, 0.3) is 0 Å². The maximum absolute atomic E-state index is 16.0. The average molecular weight is 1190 g/mol. The Labute approximate surface area is 506 Å². The van der Waals surface area contributed by atoms with E-state index in [1.165, 1.54) is 24.8 Å². The topological polar surface area (TPSA) is 200 Å². The second kappa shape index (κ2) is 25.4. The van der Waals surface area contributed by atoms with Gasteiger partial charge in [-0.1, -0.05) is 149 Å². The highest BCUT2D eigenvalue weighted by molar-refractivity contribution is 5.81. The standard InChI is InChI=1S/C69H116O15/c1-23-25-26-27-28-43(6)81-56(72)46(61(9,10)38-60(7,8)42(5)31-45-32-44-29-30-67(45,20)65(44,17)18)33-62(11,12)68(21,58(75)83-49-36-78-51-47(70)34-77-52(49)51)40-64(15,16)69(22,39-63(13,14)66(19,24-2)57(73)74)59(76)84-50-37-80-53-48(35-79-54(50)53)82-55(71)41(3)4/h41,43-54,70H,5,23-40H2,1-4,6-22H3,(H,73,74)/t43?,44?,45?,46?,47-,48-,49+,50+,51+,52+,53+,54+,66?,67?,68?,69?/m0/s1. The third kappa shape index (κ3) is 13.4. The molecule has 0 amide bonds. The molecule has 2 aliphatic carbocycles.